The molecule has 528 valence electrons. The number of hydrogen-bond donors (Lipinski definition) is 0. The van der Waals surface area contributed by atoms with Crippen LogP contribution in [0.2, 0.25) is 66.5 Å². The third kappa shape index (κ3) is 12.6. The van der Waals surface area contributed by atoms with E-state index in [0.717, 1.165) is 89.3 Å². The van der Waals surface area contributed by atoms with E-state index in [1.165, 1.54) is 12.1 Å². The minimum absolute atomic E-state index is 0.233. The van der Waals surface area contributed by atoms with Gasteiger partial charge in [0.05, 0.1) is 0 Å². The van der Waals surface area contributed by atoms with Gasteiger partial charge in [-0.15, -0.1) is 22.2 Å². The van der Waals surface area contributed by atoms with Crippen LogP contribution < -0.4 is 0 Å². The number of fused-ring (bicyclic) bond motifs is 8. The summed E-state index contributed by atoms with van der Waals surface area (Å²) in [5, 5.41) is 11.8. The molecule has 0 N–H and O–H groups in total. The Morgan fingerprint density at radius 1 is 0.228 bits per heavy atom. The first kappa shape index (κ1) is 76.6. The molecule has 0 atom stereocenters. The summed E-state index contributed by atoms with van der Waals surface area (Å²) < 4.78 is 103. The average molecular weight is 1430 g/mol. The van der Waals surface area contributed by atoms with Crippen molar-refractivity contribution in [3.8, 4) is 45.9 Å². The van der Waals surface area contributed by atoms with Gasteiger partial charge < -0.3 is 0 Å². The molecule has 0 aliphatic heterocycles. The molecule has 10 heteroatoms. The SMILES string of the molecule is CC(C)[Si](C#Cc1c2cc3ccccc3cc2c(C#C[Si](C(C)C)(C(C)C)C(C)C)c2cc3cc(C(c4ccc5cc6c(C#C[Si](C(C)C)(C(C)C)C(C)C)c7cc8ccccc8cc7c(C#C[Si](C(C)C)(C(C)C)C(C)C)c6cc5c4)(C(F)(F)F)C(F)(F)F)ccc3cc12)(C(C)C)C(C)C. The molecule has 0 aliphatic rings. The predicted octanol–water partition coefficient (Wildman–Crippen LogP) is 28.6. The van der Waals surface area contributed by atoms with Crippen LogP contribution in [0, 0.1) is 45.9 Å². The van der Waals surface area contributed by atoms with Gasteiger partial charge in [0.2, 0.25) is 5.41 Å². The van der Waals surface area contributed by atoms with Crippen LogP contribution in [-0.2, 0) is 5.41 Å². The van der Waals surface area contributed by atoms with Gasteiger partial charge in [-0.25, -0.2) is 0 Å². The predicted molar refractivity (Wildman–Crippen MR) is 438 cm³/mol. The number of rotatable bonds is 14. The molecule has 0 saturated carbocycles. The van der Waals surface area contributed by atoms with Crippen molar-refractivity contribution in [2.45, 2.75) is 250 Å². The number of benzene rings is 10. The third-order valence-corrected chi connectivity index (χ3v) is 49.8. The molecule has 0 saturated heterocycles. The monoisotopic (exact) mass is 1420 g/mol. The van der Waals surface area contributed by atoms with Crippen LogP contribution in [0.4, 0.5) is 26.3 Å². The molecule has 0 fully saturated rings. The van der Waals surface area contributed by atoms with Crippen molar-refractivity contribution in [1.82, 2.24) is 0 Å². The van der Waals surface area contributed by atoms with Gasteiger partial charge in [0.15, 0.2) is 0 Å². The van der Waals surface area contributed by atoms with Crippen LogP contribution in [0.3, 0.4) is 0 Å². The van der Waals surface area contributed by atoms with Crippen molar-refractivity contribution in [1.29, 1.82) is 0 Å². The van der Waals surface area contributed by atoms with E-state index in [2.05, 4.69) is 261 Å². The second-order valence-corrected chi connectivity index (χ2v) is 55.6. The van der Waals surface area contributed by atoms with E-state index in [9.17, 15) is 0 Å². The Balaban J connectivity index is 1.35. The zero-order valence-electron chi connectivity index (χ0n) is 64.4. The van der Waals surface area contributed by atoms with Gasteiger partial charge in [-0.05, 0) is 224 Å². The fourth-order valence-corrected chi connectivity index (χ4v) is 40.5. The van der Waals surface area contributed by atoms with E-state index in [4.69, 9.17) is 0 Å². The largest absolute Gasteiger partial charge is 0.411 e. The summed E-state index contributed by atoms with van der Waals surface area (Å²) in [5.41, 5.74) is 16.2. The standard InChI is InChI=1S/C91H106F6Si4/c1-55(2)98(56(3)4,57(5)6)41-37-77-81-47-67-29-25-27-31-69(67)49-83(81)79(39-43-100(61(13)14,62(15)16)63(17)18)87-53-73-45-75(35-33-71(73)51-85(77)87)89(90(92,93)94,91(95,96)97)76-36-34-72-52-86-78(38-42-99(58(7)8,59(9)10)60(11)12)82-48-68-30-26-28-32-70(68)50-84(82)80(88(86)54-74(72)46-76)40-44-101(64(19)20,65(21)22)66(23)24/h25-36,45-66H,1-24H3. The fraction of sp³-hybridized carbons (Fsp3) is 0.429. The van der Waals surface area contributed by atoms with Crippen molar-refractivity contribution in [3.63, 3.8) is 0 Å². The molecule has 0 spiro atoms. The van der Waals surface area contributed by atoms with E-state index in [1.54, 1.807) is 0 Å². The third-order valence-electron chi connectivity index (χ3n) is 24.7. The minimum atomic E-state index is -5.89. The lowest BCUT2D eigenvalue weighted by Gasteiger charge is -2.38. The zero-order chi connectivity index (χ0) is 74.3. The summed E-state index contributed by atoms with van der Waals surface area (Å²) in [4.78, 5) is 0. The molecular weight excluding hydrogens is 1320 g/mol. The average Bonchev–Trinajstić information content (AvgIpc) is 0.703. The molecule has 0 unspecified atom stereocenters. The zero-order valence-corrected chi connectivity index (χ0v) is 68.4. The molecule has 0 bridgehead atoms. The highest BCUT2D eigenvalue weighted by molar-refractivity contribution is 6.92. The van der Waals surface area contributed by atoms with Gasteiger partial charge in [0.25, 0.3) is 0 Å². The van der Waals surface area contributed by atoms with Gasteiger partial charge >= 0.3 is 12.4 Å². The highest BCUT2D eigenvalue weighted by atomic mass is 28.3. The van der Waals surface area contributed by atoms with Crippen LogP contribution in [-0.4, -0.2) is 44.6 Å². The van der Waals surface area contributed by atoms with Crippen LogP contribution in [0.15, 0.2) is 133 Å². The van der Waals surface area contributed by atoms with Crippen LogP contribution in [0.5, 0.6) is 0 Å². The lowest BCUT2D eigenvalue weighted by Crippen LogP contribution is -2.54. The first-order valence-electron chi connectivity index (χ1n) is 37.2. The number of hydrogen-bond acceptors (Lipinski definition) is 0. The molecule has 10 rings (SSSR count). The molecule has 0 amide bonds. The smallest absolute Gasteiger partial charge is 0.169 e. The summed E-state index contributed by atoms with van der Waals surface area (Å²) >= 11 is 0. The first-order chi connectivity index (χ1) is 47.2. The molecule has 0 nitrogen and oxygen atoms in total. The summed E-state index contributed by atoms with van der Waals surface area (Å²) in [6.07, 6.45) is -11.8. The summed E-state index contributed by atoms with van der Waals surface area (Å²) in [6, 6.07) is 39.9. The van der Waals surface area contributed by atoms with Crippen molar-refractivity contribution in [2.24, 2.45) is 0 Å². The van der Waals surface area contributed by atoms with E-state index < -0.39 is 61.2 Å². The fourth-order valence-electron chi connectivity index (χ4n) is 19.7. The topological polar surface area (TPSA) is 0 Å². The molecule has 0 radical (unpaired) electrons. The Morgan fingerprint density at radius 3 is 0.564 bits per heavy atom. The maximum Gasteiger partial charge on any atom is 0.411 e. The van der Waals surface area contributed by atoms with Crippen molar-refractivity contribution in [2.75, 3.05) is 0 Å². The maximum absolute atomic E-state index is 17.1. The molecule has 101 heavy (non-hydrogen) atoms. The van der Waals surface area contributed by atoms with Crippen molar-refractivity contribution in [3.05, 3.63) is 167 Å². The highest BCUT2D eigenvalue weighted by Crippen LogP contribution is 2.58. The van der Waals surface area contributed by atoms with E-state index >= 15 is 26.3 Å². The Labute approximate surface area is 604 Å². The molecule has 0 aromatic heterocycles. The van der Waals surface area contributed by atoms with Crippen LogP contribution in [0.1, 0.15) is 200 Å². The van der Waals surface area contributed by atoms with Crippen LogP contribution >= 0.6 is 0 Å². The van der Waals surface area contributed by atoms with Crippen molar-refractivity contribution < 1.29 is 26.3 Å². The molecule has 0 heterocycles. The Morgan fingerprint density at radius 2 is 0.396 bits per heavy atom. The van der Waals surface area contributed by atoms with E-state index in [1.807, 2.05) is 48.5 Å². The highest BCUT2D eigenvalue weighted by Gasteiger charge is 2.72. The van der Waals surface area contributed by atoms with Gasteiger partial charge in [-0.3, -0.25) is 0 Å². The Bertz CT molecular complexity index is 4730. The van der Waals surface area contributed by atoms with Gasteiger partial charge in [0.1, 0.15) is 32.3 Å². The minimum Gasteiger partial charge on any atom is -0.169 e. The molecule has 10 aromatic rings. The maximum atomic E-state index is 17.1. The molecular formula is C91H106F6Si4. The van der Waals surface area contributed by atoms with Gasteiger partial charge in [-0.1, -0.05) is 263 Å². The molecule has 10 aromatic carbocycles. The summed E-state index contributed by atoms with van der Waals surface area (Å²) in [6.45, 7) is 54.5. The van der Waals surface area contributed by atoms with Gasteiger partial charge in [0, 0.05) is 22.3 Å². The quantitative estimate of drug-likeness (QED) is 0.0441. The lowest BCUT2D eigenvalue weighted by atomic mass is 9.72. The summed E-state index contributed by atoms with van der Waals surface area (Å²) in [5.74, 6) is 15.4. The Kier molecular flexibility index (Phi) is 21.4. The lowest BCUT2D eigenvalue weighted by molar-refractivity contribution is -0.288. The van der Waals surface area contributed by atoms with E-state index in [-0.39, 0.29) is 44.0 Å². The van der Waals surface area contributed by atoms with Crippen LogP contribution in [0.25, 0.3) is 86.2 Å². The second-order valence-electron chi connectivity index (χ2n) is 33.2. The number of alkyl halides is 6. The van der Waals surface area contributed by atoms with Crippen molar-refractivity contribution >= 4 is 118 Å². The second kappa shape index (κ2) is 28.2. The Hall–Kier alpha value is -7.03. The van der Waals surface area contributed by atoms with E-state index in [0.29, 0.717) is 65.9 Å². The summed E-state index contributed by atoms with van der Waals surface area (Å²) in [7, 11) is -9.67. The first-order valence-corrected chi connectivity index (χ1v) is 46.1. The normalized spacial score (nSPS) is 13.4. The molecule has 0 aliphatic carbocycles. The van der Waals surface area contributed by atoms with Gasteiger partial charge in [-0.2, -0.15) is 26.3 Å². The number of halogens is 6.